The van der Waals surface area contributed by atoms with E-state index in [0.717, 1.165) is 0 Å². The van der Waals surface area contributed by atoms with Crippen molar-refractivity contribution in [1.29, 1.82) is 0 Å². The van der Waals surface area contributed by atoms with E-state index in [1.54, 1.807) is 18.7 Å². The van der Waals surface area contributed by atoms with E-state index < -0.39 is 29.5 Å². The summed E-state index contributed by atoms with van der Waals surface area (Å²) >= 11 is 0. The molecular weight excluding hydrogens is 365 g/mol. The first-order valence-corrected chi connectivity index (χ1v) is 7.51. The largest absolute Gasteiger partial charge is 0.461 e. The van der Waals surface area contributed by atoms with Crippen molar-refractivity contribution in [2.24, 2.45) is 5.41 Å². The predicted octanol–water partition coefficient (Wildman–Crippen LogP) is 1.63. The summed E-state index contributed by atoms with van der Waals surface area (Å²) in [4.78, 5) is 13.6. The molecule has 2 heterocycles. The number of hydrogen-bond donors (Lipinski definition) is 2. The second-order valence-corrected chi connectivity index (χ2v) is 6.60. The van der Waals surface area contributed by atoms with Crippen LogP contribution < -0.4 is 5.32 Å². The average Bonchev–Trinajstić information content (AvgIpc) is 2.98. The quantitative estimate of drug-likeness (QED) is 0.533. The molecule has 2 rings (SSSR count). The molecule has 24 heavy (non-hydrogen) atoms. The number of carbonyl (C=O) groups excluding carboxylic acids is 1. The van der Waals surface area contributed by atoms with Crippen molar-refractivity contribution in [2.45, 2.75) is 44.4 Å². The molecule has 0 bridgehead atoms. The lowest BCUT2D eigenvalue weighted by molar-refractivity contribution is -0.160. The number of likely N-dealkylation sites (tertiary alicyclic amines) is 1. The summed E-state index contributed by atoms with van der Waals surface area (Å²) in [6.07, 6.45) is 0.977. The highest BCUT2D eigenvalue weighted by molar-refractivity contribution is 5.85. The minimum absolute atomic E-state index is 0. The topological polar surface area (TPSA) is 61.8 Å². The summed E-state index contributed by atoms with van der Waals surface area (Å²) in [7, 11) is 0. The first-order chi connectivity index (χ1) is 10.2. The van der Waals surface area contributed by atoms with Crippen LogP contribution in [0.3, 0.4) is 0 Å². The number of β-amino-alcohol motifs (C(OH)–C–C–N with tert-alkyl or cyclic N) is 1. The summed E-state index contributed by atoms with van der Waals surface area (Å²) < 4.78 is 32.8. The first-order valence-electron chi connectivity index (χ1n) is 7.51. The van der Waals surface area contributed by atoms with Crippen LogP contribution >= 0.6 is 24.8 Å². The van der Waals surface area contributed by atoms with Crippen LogP contribution in [0.1, 0.15) is 20.3 Å². The van der Waals surface area contributed by atoms with Crippen LogP contribution in [0, 0.1) is 5.41 Å². The highest BCUT2D eigenvalue weighted by atomic mass is 35.5. The molecule has 2 N–H and O–H groups in total. The number of halogens is 4. The van der Waals surface area contributed by atoms with E-state index in [2.05, 4.69) is 11.9 Å². The highest BCUT2D eigenvalue weighted by Gasteiger charge is 2.56. The van der Waals surface area contributed by atoms with Crippen molar-refractivity contribution < 1.29 is 23.4 Å². The molecule has 0 radical (unpaired) electrons. The normalized spacial score (nSPS) is 26.7. The van der Waals surface area contributed by atoms with Gasteiger partial charge in [0.25, 0.3) is 5.92 Å². The third-order valence-electron chi connectivity index (χ3n) is 4.63. The van der Waals surface area contributed by atoms with Gasteiger partial charge >= 0.3 is 5.97 Å². The number of rotatable bonds is 6. The second-order valence-electron chi connectivity index (χ2n) is 6.60. The van der Waals surface area contributed by atoms with Crippen molar-refractivity contribution in [3.63, 3.8) is 0 Å². The molecule has 9 heteroatoms. The first kappa shape index (κ1) is 23.5. The smallest absolute Gasteiger partial charge is 0.314 e. The minimum atomic E-state index is -2.81. The van der Waals surface area contributed by atoms with Crippen LogP contribution in [0.4, 0.5) is 8.78 Å². The van der Waals surface area contributed by atoms with Crippen LogP contribution in [0.2, 0.25) is 0 Å². The van der Waals surface area contributed by atoms with E-state index in [4.69, 9.17) is 4.74 Å². The van der Waals surface area contributed by atoms with Gasteiger partial charge in [0, 0.05) is 19.1 Å². The van der Waals surface area contributed by atoms with Gasteiger partial charge in [0.1, 0.15) is 6.61 Å². The highest BCUT2D eigenvalue weighted by Crippen LogP contribution is 2.37. The Morgan fingerprint density at radius 3 is 2.75 bits per heavy atom. The molecule has 2 aliphatic rings. The summed E-state index contributed by atoms with van der Waals surface area (Å²) in [5.41, 5.74) is -1.16. The third-order valence-corrected chi connectivity index (χ3v) is 4.63. The van der Waals surface area contributed by atoms with Crippen molar-refractivity contribution in [3.8, 4) is 0 Å². The number of ether oxygens (including phenoxy) is 1. The van der Waals surface area contributed by atoms with E-state index in [1.165, 1.54) is 6.08 Å². The van der Waals surface area contributed by atoms with Crippen molar-refractivity contribution in [1.82, 2.24) is 10.2 Å². The van der Waals surface area contributed by atoms with Gasteiger partial charge in [-0.15, -0.1) is 24.8 Å². The number of alkyl halides is 2. The zero-order chi connectivity index (χ0) is 16.5. The molecular formula is C15H26Cl2F2N2O3. The molecule has 0 unspecified atom stereocenters. The number of fused-ring (bicyclic) bond motifs is 1. The molecule has 2 aliphatic heterocycles. The average molecular weight is 391 g/mol. The van der Waals surface area contributed by atoms with Gasteiger partial charge in [-0.3, -0.25) is 9.69 Å². The van der Waals surface area contributed by atoms with Crippen LogP contribution in [-0.2, 0) is 9.53 Å². The Bertz CT molecular complexity index is 452. The minimum Gasteiger partial charge on any atom is -0.461 e. The maximum atomic E-state index is 13.9. The fraction of sp³-hybridized carbons (Fsp3) is 0.800. The summed E-state index contributed by atoms with van der Waals surface area (Å²) in [6.45, 7) is 6.80. The Balaban J connectivity index is 0.00000264. The Hall–Kier alpha value is -0.470. The molecule has 0 aromatic rings. The zero-order valence-electron chi connectivity index (χ0n) is 13.8. The number of esters is 1. The molecule has 0 aromatic carbocycles. The van der Waals surface area contributed by atoms with Crippen LogP contribution in [0.5, 0.6) is 0 Å². The van der Waals surface area contributed by atoms with Gasteiger partial charge in [0.15, 0.2) is 0 Å². The van der Waals surface area contributed by atoms with E-state index in [9.17, 15) is 18.7 Å². The standard InChI is InChI=1S/C15H24F2N2O3.2ClH/c1-4-7-22-13(21)14(2,3)11(20)8-19-6-5-10-12(19)15(16,17)9-18-10;;/h4,10-12,18,20H,1,5-9H2,2-3H3;2*1H/t10-,11+,12+;;/m0../s1. The fourth-order valence-electron chi connectivity index (χ4n) is 3.12. The third kappa shape index (κ3) is 4.58. The monoisotopic (exact) mass is 390 g/mol. The Labute approximate surface area is 153 Å². The van der Waals surface area contributed by atoms with Gasteiger partial charge < -0.3 is 15.2 Å². The summed E-state index contributed by atoms with van der Waals surface area (Å²) in [6, 6.07) is -1.17. The van der Waals surface area contributed by atoms with Gasteiger partial charge in [0.05, 0.1) is 24.1 Å². The number of nitrogens with one attached hydrogen (secondary N) is 1. The van der Waals surface area contributed by atoms with Crippen molar-refractivity contribution >= 4 is 30.8 Å². The number of aliphatic hydroxyl groups excluding tert-OH is 1. The van der Waals surface area contributed by atoms with Crippen LogP contribution in [-0.4, -0.2) is 66.3 Å². The maximum absolute atomic E-state index is 13.9. The van der Waals surface area contributed by atoms with Gasteiger partial charge in [0.2, 0.25) is 0 Å². The van der Waals surface area contributed by atoms with E-state index in [1.807, 2.05) is 0 Å². The molecule has 0 aliphatic carbocycles. The molecule has 0 aromatic heterocycles. The number of hydrogen-bond acceptors (Lipinski definition) is 5. The Morgan fingerprint density at radius 2 is 2.17 bits per heavy atom. The second kappa shape index (κ2) is 8.76. The van der Waals surface area contributed by atoms with Crippen LogP contribution in [0.15, 0.2) is 12.7 Å². The Morgan fingerprint density at radius 1 is 1.54 bits per heavy atom. The Kier molecular flexibility index (Phi) is 8.59. The molecule has 2 saturated heterocycles. The summed E-state index contributed by atoms with van der Waals surface area (Å²) in [5, 5.41) is 13.2. The predicted molar refractivity (Wildman–Crippen MR) is 92.2 cm³/mol. The van der Waals surface area contributed by atoms with E-state index in [0.29, 0.717) is 13.0 Å². The van der Waals surface area contributed by atoms with E-state index in [-0.39, 0.29) is 50.6 Å². The lowest BCUT2D eigenvalue weighted by Crippen LogP contribution is -2.51. The molecule has 3 atom stereocenters. The molecule has 0 saturated carbocycles. The van der Waals surface area contributed by atoms with Gasteiger partial charge in [-0.1, -0.05) is 12.7 Å². The van der Waals surface area contributed by atoms with Crippen LogP contribution in [0.25, 0.3) is 0 Å². The van der Waals surface area contributed by atoms with Gasteiger partial charge in [-0.05, 0) is 20.3 Å². The molecule has 2 fully saturated rings. The number of carbonyl (C=O) groups is 1. The molecule has 0 amide bonds. The molecule has 0 spiro atoms. The number of aliphatic hydroxyl groups is 1. The van der Waals surface area contributed by atoms with Crippen molar-refractivity contribution in [3.05, 3.63) is 12.7 Å². The SMILES string of the molecule is C=CCOC(=O)C(C)(C)[C@H](O)CN1CC[C@@H]2NCC(F)(F)[C@@H]21.Cl.Cl. The lowest BCUT2D eigenvalue weighted by Gasteiger charge is -2.34. The van der Waals surface area contributed by atoms with Gasteiger partial charge in [-0.25, -0.2) is 8.78 Å². The molecule has 5 nitrogen and oxygen atoms in total. The van der Waals surface area contributed by atoms with Gasteiger partial charge in [-0.2, -0.15) is 0 Å². The molecule has 142 valence electrons. The van der Waals surface area contributed by atoms with E-state index >= 15 is 0 Å². The summed E-state index contributed by atoms with van der Waals surface area (Å²) in [5.74, 6) is -3.37. The number of nitrogens with zero attached hydrogens (tertiary/aromatic N) is 1. The maximum Gasteiger partial charge on any atom is 0.314 e. The zero-order valence-corrected chi connectivity index (χ0v) is 15.5. The van der Waals surface area contributed by atoms with Crippen molar-refractivity contribution in [2.75, 3.05) is 26.2 Å². The fourth-order valence-corrected chi connectivity index (χ4v) is 3.12. The lowest BCUT2D eigenvalue weighted by atomic mass is 9.86.